The van der Waals surface area contributed by atoms with Crippen LogP contribution >= 0.6 is 0 Å². The summed E-state index contributed by atoms with van der Waals surface area (Å²) < 4.78 is 0. The molecule has 0 aromatic carbocycles. The number of piperidine rings is 2. The Balaban J connectivity index is 1.22. The van der Waals surface area contributed by atoms with E-state index < -0.39 is 0 Å². The molecular formula is C23H36N4O. The summed E-state index contributed by atoms with van der Waals surface area (Å²) in [7, 11) is 0. The molecule has 0 spiro atoms. The van der Waals surface area contributed by atoms with Crippen LogP contribution in [0.4, 0.5) is 0 Å². The molecule has 28 heavy (non-hydrogen) atoms. The highest BCUT2D eigenvalue weighted by Crippen LogP contribution is 2.47. The first kappa shape index (κ1) is 19.8. The van der Waals surface area contributed by atoms with Crippen LogP contribution < -0.4 is 5.32 Å². The predicted molar refractivity (Wildman–Crippen MR) is 112 cm³/mol. The highest BCUT2D eigenvalue weighted by Gasteiger charge is 2.41. The Kier molecular flexibility index (Phi) is 6.32. The highest BCUT2D eigenvalue weighted by molar-refractivity contribution is 5.79. The van der Waals surface area contributed by atoms with Crippen molar-refractivity contribution in [3.8, 4) is 0 Å². The van der Waals surface area contributed by atoms with E-state index in [2.05, 4.69) is 33.1 Å². The maximum atomic E-state index is 12.7. The van der Waals surface area contributed by atoms with E-state index in [9.17, 15) is 4.79 Å². The van der Waals surface area contributed by atoms with Crippen molar-refractivity contribution in [3.63, 3.8) is 0 Å². The molecule has 5 nitrogen and oxygen atoms in total. The van der Waals surface area contributed by atoms with E-state index in [1.54, 1.807) is 0 Å². The predicted octanol–water partition coefficient (Wildman–Crippen LogP) is 3.06. The summed E-state index contributed by atoms with van der Waals surface area (Å²) in [6.45, 7) is 8.56. The largest absolute Gasteiger partial charge is 0.355 e. The van der Waals surface area contributed by atoms with Crippen LogP contribution in [-0.4, -0.2) is 59.5 Å². The summed E-state index contributed by atoms with van der Waals surface area (Å²) in [6, 6.07) is 4.83. The van der Waals surface area contributed by atoms with Gasteiger partial charge in [0.2, 0.25) is 5.91 Å². The number of rotatable bonds is 7. The van der Waals surface area contributed by atoms with Gasteiger partial charge < -0.3 is 5.32 Å². The first-order valence-corrected chi connectivity index (χ1v) is 11.3. The van der Waals surface area contributed by atoms with E-state index in [1.165, 1.54) is 37.7 Å². The first-order chi connectivity index (χ1) is 13.7. The summed E-state index contributed by atoms with van der Waals surface area (Å²) in [5, 5.41) is 3.28. The number of likely N-dealkylation sites (tertiary alicyclic amines) is 2. The lowest BCUT2D eigenvalue weighted by molar-refractivity contribution is -0.127. The summed E-state index contributed by atoms with van der Waals surface area (Å²) in [5.41, 5.74) is 1.74. The Morgan fingerprint density at radius 3 is 2.75 bits per heavy atom. The lowest BCUT2D eigenvalue weighted by Crippen LogP contribution is -2.51. The van der Waals surface area contributed by atoms with Gasteiger partial charge in [-0.1, -0.05) is 13.0 Å². The van der Waals surface area contributed by atoms with Gasteiger partial charge in [0.15, 0.2) is 0 Å². The molecule has 1 aromatic heterocycles. The number of aromatic nitrogens is 1. The monoisotopic (exact) mass is 384 g/mol. The molecule has 4 rings (SSSR count). The highest BCUT2D eigenvalue weighted by atomic mass is 16.1. The van der Waals surface area contributed by atoms with Crippen LogP contribution in [0.1, 0.15) is 57.4 Å². The fourth-order valence-electron chi connectivity index (χ4n) is 5.00. The maximum Gasteiger partial charge on any atom is 0.224 e. The number of hydrogen-bond donors (Lipinski definition) is 1. The van der Waals surface area contributed by atoms with Crippen molar-refractivity contribution in [3.05, 3.63) is 30.1 Å². The van der Waals surface area contributed by atoms with Gasteiger partial charge >= 0.3 is 0 Å². The SMILES string of the molecule is CCC1(CNC(=O)C2CCCN(C3CCN(Cc4cccnc4)CC3)C2)CC1. The first-order valence-electron chi connectivity index (χ1n) is 11.3. The molecule has 1 N–H and O–H groups in total. The average Bonchev–Trinajstić information content (AvgIpc) is 3.54. The van der Waals surface area contributed by atoms with Gasteiger partial charge in [-0.3, -0.25) is 19.6 Å². The number of nitrogens with one attached hydrogen (secondary N) is 1. The van der Waals surface area contributed by atoms with Crippen molar-refractivity contribution < 1.29 is 4.79 Å². The molecular weight excluding hydrogens is 348 g/mol. The number of nitrogens with zero attached hydrogens (tertiary/aromatic N) is 3. The lowest BCUT2D eigenvalue weighted by atomic mass is 9.93. The lowest BCUT2D eigenvalue weighted by Gasteiger charge is -2.42. The van der Waals surface area contributed by atoms with E-state index in [0.717, 1.165) is 52.1 Å². The Labute approximate surface area is 169 Å². The number of amides is 1. The van der Waals surface area contributed by atoms with Crippen LogP contribution in [-0.2, 0) is 11.3 Å². The molecule has 1 amide bonds. The smallest absolute Gasteiger partial charge is 0.224 e. The van der Waals surface area contributed by atoms with Crippen molar-refractivity contribution in [2.75, 3.05) is 32.7 Å². The van der Waals surface area contributed by atoms with Gasteiger partial charge in [-0.15, -0.1) is 0 Å². The van der Waals surface area contributed by atoms with Crippen LogP contribution in [0, 0.1) is 11.3 Å². The number of carbonyl (C=O) groups excluding carboxylic acids is 1. The molecule has 5 heteroatoms. The standard InChI is InChI=1S/C23H36N4O/c1-2-23(9-10-23)18-25-22(28)20-6-4-12-27(17-20)21-7-13-26(14-8-21)16-19-5-3-11-24-15-19/h3,5,11,15,20-21H,2,4,6-10,12-14,16-18H2,1H3,(H,25,28). The van der Waals surface area contributed by atoms with E-state index >= 15 is 0 Å². The van der Waals surface area contributed by atoms with Gasteiger partial charge in [-0.25, -0.2) is 0 Å². The number of pyridine rings is 1. The molecule has 3 aliphatic rings. The van der Waals surface area contributed by atoms with E-state index in [4.69, 9.17) is 0 Å². The fourth-order valence-corrected chi connectivity index (χ4v) is 5.00. The van der Waals surface area contributed by atoms with Crippen molar-refractivity contribution in [1.82, 2.24) is 20.1 Å². The molecule has 0 bridgehead atoms. The zero-order chi connectivity index (χ0) is 19.4. The molecule has 2 saturated heterocycles. The third-order valence-corrected chi connectivity index (χ3v) is 7.37. The Hall–Kier alpha value is -1.46. The van der Waals surface area contributed by atoms with Crippen LogP contribution in [0.25, 0.3) is 0 Å². The van der Waals surface area contributed by atoms with Gasteiger partial charge in [0.1, 0.15) is 0 Å². The minimum Gasteiger partial charge on any atom is -0.355 e. The molecule has 3 fully saturated rings. The molecule has 154 valence electrons. The summed E-state index contributed by atoms with van der Waals surface area (Å²) in [6.07, 6.45) is 12.2. The number of carbonyl (C=O) groups is 1. The van der Waals surface area contributed by atoms with Gasteiger partial charge in [0, 0.05) is 38.1 Å². The summed E-state index contributed by atoms with van der Waals surface area (Å²) in [5.74, 6) is 0.494. The second-order valence-corrected chi connectivity index (χ2v) is 9.27. The third-order valence-electron chi connectivity index (χ3n) is 7.37. The second-order valence-electron chi connectivity index (χ2n) is 9.27. The molecule has 2 aliphatic heterocycles. The fraction of sp³-hybridized carbons (Fsp3) is 0.739. The maximum absolute atomic E-state index is 12.7. The second kappa shape index (κ2) is 8.91. The summed E-state index contributed by atoms with van der Waals surface area (Å²) >= 11 is 0. The van der Waals surface area contributed by atoms with Gasteiger partial charge in [0.05, 0.1) is 5.92 Å². The molecule has 3 heterocycles. The molecule has 0 radical (unpaired) electrons. The minimum atomic E-state index is 0.190. The molecule has 1 aliphatic carbocycles. The minimum absolute atomic E-state index is 0.190. The molecule has 1 saturated carbocycles. The zero-order valence-electron chi connectivity index (χ0n) is 17.4. The third kappa shape index (κ3) is 4.93. The average molecular weight is 385 g/mol. The quantitative estimate of drug-likeness (QED) is 0.785. The Morgan fingerprint density at radius 2 is 2.07 bits per heavy atom. The van der Waals surface area contributed by atoms with E-state index in [0.29, 0.717) is 17.4 Å². The van der Waals surface area contributed by atoms with E-state index in [1.807, 2.05) is 18.5 Å². The topological polar surface area (TPSA) is 48.5 Å². The van der Waals surface area contributed by atoms with Crippen LogP contribution in [0.3, 0.4) is 0 Å². The number of hydrogen-bond acceptors (Lipinski definition) is 4. The van der Waals surface area contributed by atoms with Crippen molar-refractivity contribution in [2.24, 2.45) is 11.3 Å². The molecule has 1 unspecified atom stereocenters. The van der Waals surface area contributed by atoms with Crippen molar-refractivity contribution in [2.45, 2.75) is 64.5 Å². The van der Waals surface area contributed by atoms with Crippen LogP contribution in [0.2, 0.25) is 0 Å². The normalized spacial score (nSPS) is 26.1. The summed E-state index contributed by atoms with van der Waals surface area (Å²) in [4.78, 5) is 22.1. The van der Waals surface area contributed by atoms with Gasteiger partial charge in [-0.05, 0) is 81.6 Å². The Bertz CT molecular complexity index is 637. The van der Waals surface area contributed by atoms with Crippen LogP contribution in [0.15, 0.2) is 24.5 Å². The van der Waals surface area contributed by atoms with Gasteiger partial charge in [0.25, 0.3) is 0 Å². The molecule has 1 aromatic rings. The Morgan fingerprint density at radius 1 is 1.25 bits per heavy atom. The molecule has 1 atom stereocenters. The van der Waals surface area contributed by atoms with Crippen molar-refractivity contribution in [1.29, 1.82) is 0 Å². The van der Waals surface area contributed by atoms with Crippen LogP contribution in [0.5, 0.6) is 0 Å². The van der Waals surface area contributed by atoms with Gasteiger partial charge in [-0.2, -0.15) is 0 Å². The van der Waals surface area contributed by atoms with Crippen molar-refractivity contribution >= 4 is 5.91 Å². The zero-order valence-corrected chi connectivity index (χ0v) is 17.4. The van der Waals surface area contributed by atoms with E-state index in [-0.39, 0.29) is 5.92 Å².